The second-order valence-electron chi connectivity index (χ2n) is 5.21. The van der Waals surface area contributed by atoms with Gasteiger partial charge < -0.3 is 15.5 Å². The van der Waals surface area contributed by atoms with E-state index in [-0.39, 0.29) is 5.91 Å². The molecule has 0 unspecified atom stereocenters. The van der Waals surface area contributed by atoms with Crippen LogP contribution in [-0.4, -0.2) is 50.1 Å². The second-order valence-corrected chi connectivity index (χ2v) is 5.21. The molecule has 0 bridgehead atoms. The van der Waals surface area contributed by atoms with Gasteiger partial charge in [-0.3, -0.25) is 4.79 Å². The highest BCUT2D eigenvalue weighted by molar-refractivity contribution is 5.78. The molecule has 0 spiro atoms. The molecular weight excluding hydrogens is 202 g/mol. The molecule has 1 amide bonds. The Morgan fingerprint density at radius 3 is 2.56 bits per heavy atom. The second kappa shape index (κ2) is 5.64. The molecule has 0 radical (unpaired) electrons. The van der Waals surface area contributed by atoms with Crippen LogP contribution in [0, 0.1) is 5.92 Å². The van der Waals surface area contributed by atoms with Crippen molar-refractivity contribution in [3.8, 4) is 0 Å². The molecule has 1 heterocycles. The van der Waals surface area contributed by atoms with Crippen LogP contribution in [0.15, 0.2) is 0 Å². The molecule has 0 aromatic heterocycles. The minimum atomic E-state index is 0.158. The molecule has 2 rings (SSSR count). The van der Waals surface area contributed by atoms with E-state index in [0.29, 0.717) is 18.5 Å². The van der Waals surface area contributed by atoms with Crippen LogP contribution in [0.4, 0.5) is 0 Å². The number of carbonyl (C=O) groups excluding carboxylic acids is 1. The van der Waals surface area contributed by atoms with Crippen LogP contribution < -0.4 is 10.6 Å². The van der Waals surface area contributed by atoms with Crippen molar-refractivity contribution >= 4 is 5.91 Å². The van der Waals surface area contributed by atoms with E-state index >= 15 is 0 Å². The highest BCUT2D eigenvalue weighted by Crippen LogP contribution is 2.18. The summed E-state index contributed by atoms with van der Waals surface area (Å²) >= 11 is 0. The predicted octanol–water partition coefficient (Wildman–Crippen LogP) is 0.196. The van der Waals surface area contributed by atoms with Crippen LogP contribution in [-0.2, 0) is 4.79 Å². The van der Waals surface area contributed by atoms with Crippen molar-refractivity contribution in [1.29, 1.82) is 0 Å². The molecular formula is C12H23N3O. The third-order valence-corrected chi connectivity index (χ3v) is 3.55. The van der Waals surface area contributed by atoms with Crippen LogP contribution in [0.25, 0.3) is 0 Å². The van der Waals surface area contributed by atoms with Crippen LogP contribution >= 0.6 is 0 Å². The topological polar surface area (TPSA) is 44.4 Å². The Kier molecular flexibility index (Phi) is 4.18. The average Bonchev–Trinajstić information content (AvgIpc) is 3.09. The number of amides is 1. The molecule has 0 aromatic rings. The van der Waals surface area contributed by atoms with E-state index in [1.54, 1.807) is 0 Å². The Labute approximate surface area is 97.8 Å². The number of hydrogen-bond acceptors (Lipinski definition) is 3. The van der Waals surface area contributed by atoms with Crippen molar-refractivity contribution in [3.63, 3.8) is 0 Å². The fraction of sp³-hybridized carbons (Fsp3) is 0.917. The average molecular weight is 225 g/mol. The predicted molar refractivity (Wildman–Crippen MR) is 64.3 cm³/mol. The fourth-order valence-corrected chi connectivity index (χ4v) is 2.11. The summed E-state index contributed by atoms with van der Waals surface area (Å²) in [5.74, 6) is 0.840. The summed E-state index contributed by atoms with van der Waals surface area (Å²) in [5, 5.41) is 6.26. The van der Waals surface area contributed by atoms with Gasteiger partial charge in [0.2, 0.25) is 5.91 Å². The lowest BCUT2D eigenvalue weighted by Gasteiger charge is -2.28. The summed E-state index contributed by atoms with van der Waals surface area (Å²) in [5.41, 5.74) is 0. The van der Waals surface area contributed by atoms with Crippen LogP contribution in [0.1, 0.15) is 25.7 Å². The van der Waals surface area contributed by atoms with E-state index in [4.69, 9.17) is 0 Å². The Morgan fingerprint density at radius 2 is 1.94 bits per heavy atom. The number of nitrogens with zero attached hydrogens (tertiary/aromatic N) is 1. The van der Waals surface area contributed by atoms with E-state index in [9.17, 15) is 4.79 Å². The molecule has 2 N–H and O–H groups in total. The number of carbonyl (C=O) groups is 1. The van der Waals surface area contributed by atoms with Crippen molar-refractivity contribution < 1.29 is 4.79 Å². The summed E-state index contributed by atoms with van der Waals surface area (Å²) in [6.07, 6.45) is 4.91. The van der Waals surface area contributed by atoms with Gasteiger partial charge in [0.1, 0.15) is 0 Å². The van der Waals surface area contributed by atoms with E-state index in [2.05, 4.69) is 22.6 Å². The molecule has 2 aliphatic rings. The number of piperidine rings is 1. The van der Waals surface area contributed by atoms with E-state index in [1.165, 1.54) is 38.8 Å². The summed E-state index contributed by atoms with van der Waals surface area (Å²) < 4.78 is 0. The highest BCUT2D eigenvalue weighted by atomic mass is 16.1. The maximum atomic E-state index is 11.5. The lowest BCUT2D eigenvalue weighted by atomic mass is 9.97. The molecule has 1 saturated carbocycles. The molecule has 1 aliphatic heterocycles. The van der Waals surface area contributed by atoms with Gasteiger partial charge in [-0.25, -0.2) is 0 Å². The third kappa shape index (κ3) is 4.10. The van der Waals surface area contributed by atoms with Crippen LogP contribution in [0.3, 0.4) is 0 Å². The summed E-state index contributed by atoms with van der Waals surface area (Å²) in [4.78, 5) is 13.9. The zero-order chi connectivity index (χ0) is 11.4. The first-order valence-electron chi connectivity index (χ1n) is 6.42. The van der Waals surface area contributed by atoms with Gasteiger partial charge in [-0.1, -0.05) is 0 Å². The molecule has 4 heteroatoms. The number of rotatable bonds is 5. The molecule has 1 saturated heterocycles. The molecule has 92 valence electrons. The van der Waals surface area contributed by atoms with Gasteiger partial charge in [0.15, 0.2) is 0 Å². The zero-order valence-corrected chi connectivity index (χ0v) is 10.2. The first-order chi connectivity index (χ1) is 7.74. The number of nitrogens with one attached hydrogen (secondary N) is 2. The first-order valence-corrected chi connectivity index (χ1v) is 6.42. The van der Waals surface area contributed by atoms with Gasteiger partial charge >= 0.3 is 0 Å². The molecule has 2 fully saturated rings. The van der Waals surface area contributed by atoms with Gasteiger partial charge in [-0.05, 0) is 51.7 Å². The lowest BCUT2D eigenvalue weighted by Crippen LogP contribution is -2.40. The highest BCUT2D eigenvalue weighted by Gasteiger charge is 2.21. The quantitative estimate of drug-likeness (QED) is 0.702. The minimum Gasteiger partial charge on any atom is -0.355 e. The maximum Gasteiger partial charge on any atom is 0.233 e. The van der Waals surface area contributed by atoms with Crippen LogP contribution in [0.2, 0.25) is 0 Å². The SMILES string of the molecule is CN1CCC(CNC(=O)CNC2CC2)CC1. The third-order valence-electron chi connectivity index (χ3n) is 3.55. The Bertz CT molecular complexity index is 232. The Hall–Kier alpha value is -0.610. The summed E-state index contributed by atoms with van der Waals surface area (Å²) in [6, 6.07) is 0.620. The van der Waals surface area contributed by atoms with Gasteiger partial charge in [-0.15, -0.1) is 0 Å². The van der Waals surface area contributed by atoms with E-state index < -0.39 is 0 Å². The Morgan fingerprint density at radius 1 is 1.25 bits per heavy atom. The molecule has 4 nitrogen and oxygen atoms in total. The van der Waals surface area contributed by atoms with Crippen molar-refractivity contribution in [2.24, 2.45) is 5.92 Å². The normalized spacial score (nSPS) is 23.3. The largest absolute Gasteiger partial charge is 0.355 e. The number of hydrogen-bond donors (Lipinski definition) is 2. The minimum absolute atomic E-state index is 0.158. The van der Waals surface area contributed by atoms with Gasteiger partial charge in [0, 0.05) is 12.6 Å². The van der Waals surface area contributed by atoms with Gasteiger partial charge in [-0.2, -0.15) is 0 Å². The lowest BCUT2D eigenvalue weighted by molar-refractivity contribution is -0.120. The zero-order valence-electron chi connectivity index (χ0n) is 10.2. The van der Waals surface area contributed by atoms with Gasteiger partial charge in [0.25, 0.3) is 0 Å². The molecule has 16 heavy (non-hydrogen) atoms. The molecule has 1 aliphatic carbocycles. The monoisotopic (exact) mass is 225 g/mol. The maximum absolute atomic E-state index is 11.5. The van der Waals surface area contributed by atoms with E-state index in [1.807, 2.05) is 0 Å². The first kappa shape index (κ1) is 11.9. The van der Waals surface area contributed by atoms with Gasteiger partial charge in [0.05, 0.1) is 6.54 Å². The fourth-order valence-electron chi connectivity index (χ4n) is 2.11. The summed E-state index contributed by atoms with van der Waals surface area (Å²) in [7, 11) is 2.16. The molecule has 0 atom stereocenters. The van der Waals surface area contributed by atoms with Crippen LogP contribution in [0.5, 0.6) is 0 Å². The number of likely N-dealkylation sites (tertiary alicyclic amines) is 1. The van der Waals surface area contributed by atoms with Crippen molar-refractivity contribution in [3.05, 3.63) is 0 Å². The van der Waals surface area contributed by atoms with Crippen molar-refractivity contribution in [1.82, 2.24) is 15.5 Å². The van der Waals surface area contributed by atoms with E-state index in [0.717, 1.165) is 6.54 Å². The standard InChI is InChI=1S/C12H23N3O/c1-15-6-4-10(5-7-15)8-14-12(16)9-13-11-2-3-11/h10-11,13H,2-9H2,1H3,(H,14,16). The summed E-state index contributed by atoms with van der Waals surface area (Å²) in [6.45, 7) is 3.69. The smallest absolute Gasteiger partial charge is 0.233 e. The van der Waals surface area contributed by atoms with Crippen molar-refractivity contribution in [2.75, 3.05) is 33.2 Å². The molecule has 0 aromatic carbocycles. The Balaban J connectivity index is 1.53. The van der Waals surface area contributed by atoms with Crippen molar-refractivity contribution in [2.45, 2.75) is 31.7 Å².